The predicted molar refractivity (Wildman–Crippen MR) is 325 cm³/mol. The highest BCUT2D eigenvalue weighted by molar-refractivity contribution is 7.45. The molecule has 0 aromatic rings. The molecule has 0 aromatic carbocycles. The van der Waals surface area contributed by atoms with Gasteiger partial charge in [0.2, 0.25) is 5.91 Å². The fraction of sp³-hybridized carbons (Fsp3) is 0.697. The van der Waals surface area contributed by atoms with Crippen LogP contribution in [0.3, 0.4) is 0 Å². The Bertz CT molecular complexity index is 1670. The summed E-state index contributed by atoms with van der Waals surface area (Å²) in [6.45, 7) is 6.59. The van der Waals surface area contributed by atoms with Gasteiger partial charge in [-0.1, -0.05) is 233 Å². The van der Waals surface area contributed by atoms with Crippen molar-refractivity contribution in [3.63, 3.8) is 0 Å². The first-order valence-electron chi connectivity index (χ1n) is 30.7. The molecule has 10 heteroatoms. The lowest BCUT2D eigenvalue weighted by atomic mass is 10.0. The first kappa shape index (κ1) is 72.7. The molecule has 0 aliphatic carbocycles. The van der Waals surface area contributed by atoms with Crippen molar-refractivity contribution >= 4 is 19.7 Å². The monoisotopic (exact) mass is 1080 g/mol. The van der Waals surface area contributed by atoms with E-state index in [9.17, 15) is 19.0 Å². The summed E-state index contributed by atoms with van der Waals surface area (Å²) in [7, 11) is 1.15. The van der Waals surface area contributed by atoms with Crippen molar-refractivity contribution in [2.45, 2.75) is 258 Å². The van der Waals surface area contributed by atoms with Crippen molar-refractivity contribution in [2.75, 3.05) is 40.9 Å². The molecule has 3 atom stereocenters. The van der Waals surface area contributed by atoms with Crippen LogP contribution in [0.15, 0.2) is 109 Å². The second-order valence-electron chi connectivity index (χ2n) is 21.4. The molecule has 0 rings (SSSR count). The lowest BCUT2D eigenvalue weighted by Crippen LogP contribution is -2.47. The second kappa shape index (κ2) is 55.0. The quantitative estimate of drug-likeness (QED) is 0.0212. The number of allylic oxidation sites excluding steroid dienone is 17. The third-order valence-electron chi connectivity index (χ3n) is 12.9. The zero-order chi connectivity index (χ0) is 55.7. The second-order valence-corrected chi connectivity index (χ2v) is 22.9. The average molecular weight is 1080 g/mol. The Labute approximate surface area is 468 Å². The van der Waals surface area contributed by atoms with Crippen LogP contribution in [0.25, 0.3) is 0 Å². The van der Waals surface area contributed by atoms with Crippen LogP contribution >= 0.6 is 7.82 Å². The number of hydrogen-bond donors (Lipinski definition) is 1. The summed E-state index contributed by atoms with van der Waals surface area (Å²) in [4.78, 5) is 40.0. The molecule has 0 fully saturated rings. The summed E-state index contributed by atoms with van der Waals surface area (Å²) < 4.78 is 30.3. The number of rotatable bonds is 54. The van der Waals surface area contributed by atoms with E-state index in [4.69, 9.17) is 13.8 Å². The van der Waals surface area contributed by atoms with Gasteiger partial charge in [0, 0.05) is 12.8 Å². The standard InChI is InChI=1S/C66H115N2O7P/c1-7-10-13-16-19-22-25-28-30-31-32-33-34-35-36-37-38-41-44-47-50-53-56-59-66(70)75-64(57-54-51-48-45-42-39-27-24-21-18-15-12-9-3)63(62-74-76(71,72)73-61-60-68(4,5)6)67-65(69)58-55-52-49-46-43-40-29-26-23-20-17-14-11-8-2/h10-11,13-14,19-20,22-23,28,30,32-33,35-36,38,41,54,57,63-64H,7-9,12,15-18,21,24-27,29,31,34,37,39-40,42-53,55-56,58-62H2,1-6H3,(H-,67,69,71,72)/b13-10-,14-11+,22-19-,23-20+,30-28-,33-32-,36-35-,41-38-,57-54-. The van der Waals surface area contributed by atoms with Gasteiger partial charge >= 0.3 is 5.97 Å². The van der Waals surface area contributed by atoms with Crippen molar-refractivity contribution in [3.8, 4) is 0 Å². The largest absolute Gasteiger partial charge is 0.756 e. The molecule has 0 saturated heterocycles. The number of quaternary nitrogens is 1. The SMILES string of the molecule is CC/C=C\C/C=C\C/C=C\C/C=C\C/C=C\C/C=C\CCCCCCC(=O)OC(/C=C\CCCCCCCCCCCCC)C(COP(=O)([O-])OCC[N+](C)(C)C)NC(=O)CCCCCCCCC/C=C/C/C=C/CC. The average Bonchev–Trinajstić information content (AvgIpc) is 3.38. The third kappa shape index (κ3) is 55.4. The van der Waals surface area contributed by atoms with Crippen LogP contribution in [0.2, 0.25) is 0 Å². The molecular formula is C66H115N2O7P. The number of carbonyl (C=O) groups is 2. The lowest BCUT2D eigenvalue weighted by Gasteiger charge is -2.30. The number of phosphoric acid groups is 1. The topological polar surface area (TPSA) is 114 Å². The Kier molecular flexibility index (Phi) is 52.6. The highest BCUT2D eigenvalue weighted by Gasteiger charge is 2.27. The number of esters is 1. The van der Waals surface area contributed by atoms with E-state index in [1.165, 1.54) is 77.0 Å². The summed E-state index contributed by atoms with van der Waals surface area (Å²) in [5.74, 6) is -0.585. The van der Waals surface area contributed by atoms with Crippen LogP contribution in [0, 0.1) is 0 Å². The van der Waals surface area contributed by atoms with Gasteiger partial charge < -0.3 is 28.5 Å². The maximum absolute atomic E-state index is 13.5. The Morgan fingerprint density at radius 2 is 0.842 bits per heavy atom. The summed E-state index contributed by atoms with van der Waals surface area (Å²) >= 11 is 0. The number of hydrogen-bond acceptors (Lipinski definition) is 7. The lowest BCUT2D eigenvalue weighted by molar-refractivity contribution is -0.870. The normalized spacial score (nSPS) is 14.5. The van der Waals surface area contributed by atoms with Crippen molar-refractivity contribution in [3.05, 3.63) is 109 Å². The van der Waals surface area contributed by atoms with Crippen LogP contribution in [0.5, 0.6) is 0 Å². The zero-order valence-corrected chi connectivity index (χ0v) is 50.6. The molecule has 0 bridgehead atoms. The van der Waals surface area contributed by atoms with Crippen LogP contribution in [-0.4, -0.2) is 69.4 Å². The molecular weight excluding hydrogens is 964 g/mol. The van der Waals surface area contributed by atoms with E-state index in [2.05, 4.69) is 123 Å². The maximum atomic E-state index is 13.5. The van der Waals surface area contributed by atoms with Crippen molar-refractivity contribution in [2.24, 2.45) is 0 Å². The Morgan fingerprint density at radius 3 is 1.26 bits per heavy atom. The van der Waals surface area contributed by atoms with Crippen molar-refractivity contribution in [1.82, 2.24) is 5.32 Å². The number of amides is 1. The first-order valence-corrected chi connectivity index (χ1v) is 32.2. The predicted octanol–water partition coefficient (Wildman–Crippen LogP) is 18.3. The molecule has 0 aliphatic rings. The molecule has 3 unspecified atom stereocenters. The molecule has 0 radical (unpaired) electrons. The van der Waals surface area contributed by atoms with Gasteiger partial charge in [0.1, 0.15) is 19.3 Å². The fourth-order valence-electron chi connectivity index (χ4n) is 8.27. The summed E-state index contributed by atoms with van der Waals surface area (Å²) in [5, 5.41) is 3.01. The van der Waals surface area contributed by atoms with Gasteiger partial charge in [-0.05, 0) is 109 Å². The molecule has 9 nitrogen and oxygen atoms in total. The number of unbranched alkanes of at least 4 members (excludes halogenated alkanes) is 22. The first-order chi connectivity index (χ1) is 36.9. The molecule has 1 N–H and O–H groups in total. The number of nitrogens with zero attached hydrogens (tertiary/aromatic N) is 1. The smallest absolute Gasteiger partial charge is 0.306 e. The fourth-order valence-corrected chi connectivity index (χ4v) is 8.99. The van der Waals surface area contributed by atoms with Crippen molar-refractivity contribution in [1.29, 1.82) is 0 Å². The molecule has 0 aromatic heterocycles. The Hall–Kier alpha value is -3.33. The van der Waals surface area contributed by atoms with Gasteiger partial charge in [-0.25, -0.2) is 0 Å². The number of ether oxygens (including phenoxy) is 1. The van der Waals surface area contributed by atoms with E-state index >= 15 is 0 Å². The van der Waals surface area contributed by atoms with E-state index in [1.54, 1.807) is 0 Å². The van der Waals surface area contributed by atoms with Crippen LogP contribution in [0.4, 0.5) is 0 Å². The highest BCUT2D eigenvalue weighted by Crippen LogP contribution is 2.38. The van der Waals surface area contributed by atoms with Gasteiger partial charge in [-0.15, -0.1) is 0 Å². The van der Waals surface area contributed by atoms with Gasteiger partial charge in [0.05, 0.1) is 33.8 Å². The molecule has 76 heavy (non-hydrogen) atoms. The van der Waals surface area contributed by atoms with E-state index in [0.29, 0.717) is 23.9 Å². The van der Waals surface area contributed by atoms with Gasteiger partial charge in [0.25, 0.3) is 7.82 Å². The molecule has 436 valence electrons. The van der Waals surface area contributed by atoms with E-state index in [-0.39, 0.29) is 24.9 Å². The number of phosphoric ester groups is 1. The van der Waals surface area contributed by atoms with Gasteiger partial charge in [0.15, 0.2) is 0 Å². The summed E-state index contributed by atoms with van der Waals surface area (Å²) in [5.41, 5.74) is 0. The van der Waals surface area contributed by atoms with E-state index < -0.39 is 26.6 Å². The third-order valence-corrected chi connectivity index (χ3v) is 13.9. The summed E-state index contributed by atoms with van der Waals surface area (Å²) in [6.07, 6.45) is 74.8. The molecule has 0 aliphatic heterocycles. The molecule has 0 saturated carbocycles. The minimum absolute atomic E-state index is 0.0338. The van der Waals surface area contributed by atoms with Gasteiger partial charge in [-0.3, -0.25) is 14.2 Å². The Balaban J connectivity index is 5.33. The van der Waals surface area contributed by atoms with E-state index in [1.807, 2.05) is 33.3 Å². The highest BCUT2D eigenvalue weighted by atomic mass is 31.2. The zero-order valence-electron chi connectivity index (χ0n) is 49.7. The number of likely N-dealkylation sites (N-methyl/N-ethyl adjacent to an activating group) is 1. The summed E-state index contributed by atoms with van der Waals surface area (Å²) in [6, 6.07) is -0.910. The maximum Gasteiger partial charge on any atom is 0.306 e. The van der Waals surface area contributed by atoms with Crippen molar-refractivity contribution < 1.29 is 37.3 Å². The van der Waals surface area contributed by atoms with E-state index in [0.717, 1.165) is 128 Å². The molecule has 0 heterocycles. The Morgan fingerprint density at radius 1 is 0.474 bits per heavy atom. The molecule has 0 spiro atoms. The minimum atomic E-state index is -4.71. The minimum Gasteiger partial charge on any atom is -0.756 e. The van der Waals surface area contributed by atoms with Crippen LogP contribution in [0.1, 0.15) is 245 Å². The van der Waals surface area contributed by atoms with Crippen LogP contribution < -0.4 is 10.2 Å². The number of nitrogens with one attached hydrogen (secondary N) is 1. The molecule has 1 amide bonds. The van der Waals surface area contributed by atoms with Crippen LogP contribution in [-0.2, 0) is 27.9 Å². The number of carbonyl (C=O) groups excluding carboxylic acids is 2. The van der Waals surface area contributed by atoms with Gasteiger partial charge in [-0.2, -0.15) is 0 Å².